The second kappa shape index (κ2) is 5.36. The molecule has 1 aromatic heterocycles. The van der Waals surface area contributed by atoms with E-state index in [2.05, 4.69) is 14.9 Å². The van der Waals surface area contributed by atoms with Gasteiger partial charge in [-0.2, -0.15) is 4.98 Å². The fourth-order valence-electron chi connectivity index (χ4n) is 2.67. The molecule has 22 heavy (non-hydrogen) atoms. The number of aromatic nitrogens is 2. The average molecular weight is 322 g/mol. The minimum absolute atomic E-state index is 0.387. The molecule has 0 atom stereocenters. The van der Waals surface area contributed by atoms with Crippen molar-refractivity contribution in [3.8, 4) is 11.5 Å². The summed E-state index contributed by atoms with van der Waals surface area (Å²) in [5, 5.41) is 4.01. The number of hydrogen-bond donors (Lipinski definition) is 2. The molecule has 1 aliphatic rings. The first-order chi connectivity index (χ1) is 10.4. The van der Waals surface area contributed by atoms with Crippen LogP contribution in [0.4, 0.5) is 5.69 Å². The van der Waals surface area contributed by atoms with Crippen LogP contribution < -0.4 is 10.5 Å². The van der Waals surface area contributed by atoms with Gasteiger partial charge in [-0.05, 0) is 37.1 Å². The highest BCUT2D eigenvalue weighted by molar-refractivity contribution is 7.92. The molecule has 0 unspecified atom stereocenters. The van der Waals surface area contributed by atoms with Gasteiger partial charge in [-0.1, -0.05) is 18.0 Å². The monoisotopic (exact) mass is 322 g/mol. The van der Waals surface area contributed by atoms with E-state index in [9.17, 15) is 8.42 Å². The molecule has 1 heterocycles. The molecule has 0 amide bonds. The van der Waals surface area contributed by atoms with Crippen LogP contribution in [0.3, 0.4) is 0 Å². The summed E-state index contributed by atoms with van der Waals surface area (Å²) in [6.45, 7) is 0. The summed E-state index contributed by atoms with van der Waals surface area (Å²) in [7, 11) is -3.29. The lowest BCUT2D eigenvalue weighted by Gasteiger charge is -2.17. The van der Waals surface area contributed by atoms with Crippen LogP contribution in [0.25, 0.3) is 11.5 Å². The fourth-order valence-corrected chi connectivity index (χ4v) is 3.23. The summed E-state index contributed by atoms with van der Waals surface area (Å²) in [5.74, 6) is 0.927. The molecular formula is C14H18N4O3S. The summed E-state index contributed by atoms with van der Waals surface area (Å²) < 4.78 is 30.0. The lowest BCUT2D eigenvalue weighted by molar-refractivity contribution is 0.372. The Labute approximate surface area is 129 Å². The van der Waals surface area contributed by atoms with Crippen LogP contribution in [0.5, 0.6) is 0 Å². The Hall–Kier alpha value is -1.93. The molecule has 0 radical (unpaired) electrons. The molecule has 3 rings (SSSR count). The van der Waals surface area contributed by atoms with Gasteiger partial charge in [0.2, 0.25) is 10.0 Å². The van der Waals surface area contributed by atoms with Crippen molar-refractivity contribution in [1.82, 2.24) is 10.1 Å². The summed E-state index contributed by atoms with van der Waals surface area (Å²) in [6.07, 6.45) is 4.98. The number of nitrogens with zero attached hydrogens (tertiary/aromatic N) is 2. The Balaban J connectivity index is 1.81. The van der Waals surface area contributed by atoms with Crippen LogP contribution >= 0.6 is 0 Å². The van der Waals surface area contributed by atoms with Gasteiger partial charge in [0.15, 0.2) is 5.82 Å². The molecular weight excluding hydrogens is 304 g/mol. The molecule has 8 heteroatoms. The van der Waals surface area contributed by atoms with Gasteiger partial charge in [0.1, 0.15) is 0 Å². The predicted octanol–water partition coefficient (Wildman–Crippen LogP) is 1.84. The van der Waals surface area contributed by atoms with Crippen LogP contribution in [0.15, 0.2) is 28.8 Å². The molecule has 3 N–H and O–H groups in total. The van der Waals surface area contributed by atoms with Gasteiger partial charge in [-0.3, -0.25) is 4.72 Å². The standard InChI is InChI=1S/C14H18N4O3S/c1-22(19,20)18-11-6-4-10(5-7-11)12-16-13(17-21-12)14(15)8-2-3-9-14/h4-7,18H,2-3,8-9,15H2,1H3. The minimum Gasteiger partial charge on any atom is -0.334 e. The third kappa shape index (κ3) is 3.12. The maximum atomic E-state index is 11.2. The van der Waals surface area contributed by atoms with Gasteiger partial charge in [0.05, 0.1) is 11.8 Å². The molecule has 1 aliphatic carbocycles. The normalized spacial score (nSPS) is 17.5. The Bertz CT molecular complexity index is 762. The van der Waals surface area contributed by atoms with Crippen molar-refractivity contribution in [1.29, 1.82) is 0 Å². The second-order valence-electron chi connectivity index (χ2n) is 5.74. The van der Waals surface area contributed by atoms with E-state index in [0.717, 1.165) is 37.5 Å². The third-order valence-corrected chi connectivity index (χ3v) is 4.41. The van der Waals surface area contributed by atoms with Crippen molar-refractivity contribution < 1.29 is 12.9 Å². The van der Waals surface area contributed by atoms with Crippen LogP contribution in [0.2, 0.25) is 0 Å². The Morgan fingerprint density at radius 2 is 1.86 bits per heavy atom. The second-order valence-corrected chi connectivity index (χ2v) is 7.49. The topological polar surface area (TPSA) is 111 Å². The molecule has 0 spiro atoms. The number of sulfonamides is 1. The lowest BCUT2D eigenvalue weighted by atomic mass is 9.99. The average Bonchev–Trinajstić information content (AvgIpc) is 3.07. The Morgan fingerprint density at radius 1 is 1.23 bits per heavy atom. The highest BCUT2D eigenvalue weighted by atomic mass is 32.2. The van der Waals surface area contributed by atoms with E-state index in [1.807, 2.05) is 0 Å². The van der Waals surface area contributed by atoms with Crippen LogP contribution in [0.1, 0.15) is 31.5 Å². The van der Waals surface area contributed by atoms with Crippen molar-refractivity contribution in [2.45, 2.75) is 31.2 Å². The number of nitrogens with one attached hydrogen (secondary N) is 1. The molecule has 0 aliphatic heterocycles. The number of nitrogens with two attached hydrogens (primary N) is 1. The van der Waals surface area contributed by atoms with Crippen molar-refractivity contribution >= 4 is 15.7 Å². The van der Waals surface area contributed by atoms with Gasteiger partial charge in [-0.25, -0.2) is 8.42 Å². The Kier molecular flexibility index (Phi) is 3.65. The van der Waals surface area contributed by atoms with E-state index in [4.69, 9.17) is 10.3 Å². The van der Waals surface area contributed by atoms with Crippen LogP contribution in [0, 0.1) is 0 Å². The summed E-state index contributed by atoms with van der Waals surface area (Å²) in [5.41, 5.74) is 7.02. The van der Waals surface area contributed by atoms with Gasteiger partial charge >= 0.3 is 0 Å². The van der Waals surface area contributed by atoms with Gasteiger partial charge in [0, 0.05) is 11.3 Å². The smallest absolute Gasteiger partial charge is 0.257 e. The molecule has 0 bridgehead atoms. The summed E-state index contributed by atoms with van der Waals surface area (Å²) >= 11 is 0. The first-order valence-corrected chi connectivity index (χ1v) is 8.96. The molecule has 2 aromatic rings. The van der Waals surface area contributed by atoms with Crippen molar-refractivity contribution in [3.05, 3.63) is 30.1 Å². The largest absolute Gasteiger partial charge is 0.334 e. The molecule has 0 saturated heterocycles. The Morgan fingerprint density at radius 3 is 2.45 bits per heavy atom. The van der Waals surface area contributed by atoms with Gasteiger partial charge < -0.3 is 10.3 Å². The van der Waals surface area contributed by atoms with E-state index in [1.165, 1.54) is 0 Å². The third-order valence-electron chi connectivity index (χ3n) is 3.80. The SMILES string of the molecule is CS(=O)(=O)Nc1ccc(-c2nc(C3(N)CCCC3)no2)cc1. The molecule has 1 fully saturated rings. The molecule has 118 valence electrons. The zero-order valence-corrected chi connectivity index (χ0v) is 13.1. The van der Waals surface area contributed by atoms with Crippen LogP contribution in [-0.2, 0) is 15.6 Å². The van der Waals surface area contributed by atoms with Crippen molar-refractivity contribution in [2.24, 2.45) is 5.73 Å². The number of anilines is 1. The van der Waals surface area contributed by atoms with Crippen LogP contribution in [-0.4, -0.2) is 24.8 Å². The quantitative estimate of drug-likeness (QED) is 0.888. The minimum atomic E-state index is -3.29. The first kappa shape index (κ1) is 15.0. The first-order valence-electron chi connectivity index (χ1n) is 7.07. The van der Waals surface area contributed by atoms with Gasteiger partial charge in [-0.15, -0.1) is 0 Å². The molecule has 1 saturated carbocycles. The van der Waals surface area contributed by atoms with E-state index < -0.39 is 15.6 Å². The van der Waals surface area contributed by atoms with E-state index in [-0.39, 0.29) is 0 Å². The lowest BCUT2D eigenvalue weighted by Crippen LogP contribution is -2.34. The number of hydrogen-bond acceptors (Lipinski definition) is 6. The van der Waals surface area contributed by atoms with E-state index in [1.54, 1.807) is 24.3 Å². The zero-order valence-electron chi connectivity index (χ0n) is 12.2. The summed E-state index contributed by atoms with van der Waals surface area (Å²) in [4.78, 5) is 4.40. The molecule has 1 aromatic carbocycles. The highest BCUT2D eigenvalue weighted by Crippen LogP contribution is 2.35. The maximum Gasteiger partial charge on any atom is 0.257 e. The number of rotatable bonds is 4. The zero-order chi connectivity index (χ0) is 15.8. The van der Waals surface area contributed by atoms with Crippen molar-refractivity contribution in [3.63, 3.8) is 0 Å². The van der Waals surface area contributed by atoms with Crippen molar-refractivity contribution in [2.75, 3.05) is 11.0 Å². The summed E-state index contributed by atoms with van der Waals surface area (Å²) in [6, 6.07) is 6.74. The fraction of sp³-hybridized carbons (Fsp3) is 0.429. The maximum absolute atomic E-state index is 11.2. The predicted molar refractivity (Wildman–Crippen MR) is 82.5 cm³/mol. The molecule has 7 nitrogen and oxygen atoms in total. The number of benzene rings is 1. The highest BCUT2D eigenvalue weighted by Gasteiger charge is 2.36. The van der Waals surface area contributed by atoms with Gasteiger partial charge in [0.25, 0.3) is 5.89 Å². The van der Waals surface area contributed by atoms with E-state index >= 15 is 0 Å². The van der Waals surface area contributed by atoms with E-state index in [0.29, 0.717) is 17.4 Å².